The summed E-state index contributed by atoms with van der Waals surface area (Å²) in [6.45, 7) is 3.54. The second kappa shape index (κ2) is 5.15. The van der Waals surface area contributed by atoms with Crippen molar-refractivity contribution in [2.45, 2.75) is 20.4 Å². The Morgan fingerprint density at radius 1 is 1.10 bits per heavy atom. The van der Waals surface area contributed by atoms with E-state index in [1.807, 2.05) is 0 Å². The fourth-order valence-corrected chi connectivity index (χ4v) is 1.98. The fourth-order valence-electron chi connectivity index (χ4n) is 1.98. The number of halogens is 4. The summed E-state index contributed by atoms with van der Waals surface area (Å²) in [6.07, 6.45) is 0. The second-order valence-electron chi connectivity index (χ2n) is 4.47. The molecule has 0 spiro atoms. The Balaban J connectivity index is 2.32. The molecule has 0 atom stereocenters. The van der Waals surface area contributed by atoms with Crippen molar-refractivity contribution < 1.29 is 17.6 Å². The molecule has 0 radical (unpaired) electrons. The Kier molecular flexibility index (Phi) is 3.69. The largest absolute Gasteiger partial charge is 0.376 e. The zero-order valence-corrected chi connectivity index (χ0v) is 11.2. The van der Waals surface area contributed by atoms with Gasteiger partial charge in [-0.25, -0.2) is 17.6 Å². The van der Waals surface area contributed by atoms with E-state index in [0.717, 1.165) is 11.3 Å². The van der Waals surface area contributed by atoms with Crippen LogP contribution < -0.4 is 5.32 Å². The van der Waals surface area contributed by atoms with E-state index in [4.69, 9.17) is 0 Å². The van der Waals surface area contributed by atoms with Crippen molar-refractivity contribution in [1.82, 2.24) is 9.78 Å². The number of aryl methyl sites for hydroxylation is 2. The Hall–Kier alpha value is -2.05. The highest BCUT2D eigenvalue weighted by Crippen LogP contribution is 2.25. The van der Waals surface area contributed by atoms with Crippen LogP contribution in [0.3, 0.4) is 0 Å². The average molecular weight is 287 g/mol. The predicted molar refractivity (Wildman–Crippen MR) is 66.3 cm³/mol. The van der Waals surface area contributed by atoms with Gasteiger partial charge in [0, 0.05) is 30.9 Å². The molecule has 3 nitrogen and oxygen atoms in total. The predicted octanol–water partition coefficient (Wildman–Crippen LogP) is 3.21. The van der Waals surface area contributed by atoms with E-state index in [-0.39, 0.29) is 12.6 Å². The van der Waals surface area contributed by atoms with Gasteiger partial charge in [-0.3, -0.25) is 4.68 Å². The zero-order valence-electron chi connectivity index (χ0n) is 11.2. The lowest BCUT2D eigenvalue weighted by molar-refractivity contribution is 0.458. The van der Waals surface area contributed by atoms with E-state index in [2.05, 4.69) is 10.4 Å². The van der Waals surface area contributed by atoms with Gasteiger partial charge >= 0.3 is 0 Å². The van der Waals surface area contributed by atoms with Crippen LogP contribution in [0.5, 0.6) is 0 Å². The molecule has 0 aliphatic heterocycles. The maximum absolute atomic E-state index is 13.5. The summed E-state index contributed by atoms with van der Waals surface area (Å²) in [5.41, 5.74) is 1.38. The monoisotopic (exact) mass is 287 g/mol. The van der Waals surface area contributed by atoms with E-state index in [1.54, 1.807) is 25.6 Å². The Morgan fingerprint density at radius 2 is 1.65 bits per heavy atom. The topological polar surface area (TPSA) is 29.9 Å². The average Bonchev–Trinajstić information content (AvgIpc) is 2.62. The molecule has 1 heterocycles. The van der Waals surface area contributed by atoms with Crippen molar-refractivity contribution in [3.63, 3.8) is 0 Å². The minimum absolute atomic E-state index is 0.0161. The molecule has 0 aliphatic carbocycles. The van der Waals surface area contributed by atoms with E-state index < -0.39 is 29.0 Å². The summed E-state index contributed by atoms with van der Waals surface area (Å²) in [6, 6.07) is 0.177. The molecule has 7 heteroatoms. The van der Waals surface area contributed by atoms with Gasteiger partial charge in [0.1, 0.15) is 5.69 Å². The first kappa shape index (κ1) is 14.4. The first-order valence-corrected chi connectivity index (χ1v) is 5.88. The summed E-state index contributed by atoms with van der Waals surface area (Å²) < 4.78 is 54.7. The third-order valence-corrected chi connectivity index (χ3v) is 3.21. The van der Waals surface area contributed by atoms with Gasteiger partial charge in [-0.1, -0.05) is 0 Å². The minimum Gasteiger partial charge on any atom is -0.376 e. The Bertz CT molecular complexity index is 638. The van der Waals surface area contributed by atoms with Crippen LogP contribution in [0.2, 0.25) is 0 Å². The van der Waals surface area contributed by atoms with Crippen molar-refractivity contribution in [3.05, 3.63) is 46.3 Å². The maximum Gasteiger partial charge on any atom is 0.185 e. The number of aromatic nitrogens is 2. The van der Waals surface area contributed by atoms with Gasteiger partial charge in [-0.05, 0) is 13.8 Å². The molecule has 1 N–H and O–H groups in total. The van der Waals surface area contributed by atoms with E-state index >= 15 is 0 Å². The normalized spacial score (nSPS) is 10.9. The molecule has 2 rings (SSSR count). The molecule has 0 unspecified atom stereocenters. The van der Waals surface area contributed by atoms with Gasteiger partial charge in [0.25, 0.3) is 0 Å². The van der Waals surface area contributed by atoms with Crippen molar-refractivity contribution in [1.29, 1.82) is 0 Å². The van der Waals surface area contributed by atoms with E-state index in [9.17, 15) is 17.6 Å². The molecule has 0 aliphatic rings. The lowest BCUT2D eigenvalue weighted by atomic mass is 10.2. The summed E-state index contributed by atoms with van der Waals surface area (Å²) in [4.78, 5) is 0. The maximum atomic E-state index is 13.5. The van der Waals surface area contributed by atoms with Crippen molar-refractivity contribution in [3.8, 4) is 0 Å². The summed E-state index contributed by atoms with van der Waals surface area (Å²) in [5, 5.41) is 6.53. The summed E-state index contributed by atoms with van der Waals surface area (Å²) in [7, 11) is 1.73. The molecular formula is C13H13F4N3. The fraction of sp³-hybridized carbons (Fsp3) is 0.308. The number of nitrogens with one attached hydrogen (secondary N) is 1. The van der Waals surface area contributed by atoms with Crippen LogP contribution in [0.15, 0.2) is 6.07 Å². The van der Waals surface area contributed by atoms with E-state index in [0.29, 0.717) is 5.69 Å². The van der Waals surface area contributed by atoms with Crippen LogP contribution in [0, 0.1) is 37.1 Å². The SMILES string of the molecule is Cc1nn(C)c(C)c1CNc1c(F)c(F)cc(F)c1F. The number of hydrogen-bond donors (Lipinski definition) is 1. The van der Waals surface area contributed by atoms with Crippen LogP contribution in [-0.4, -0.2) is 9.78 Å². The highest BCUT2D eigenvalue weighted by atomic mass is 19.2. The highest BCUT2D eigenvalue weighted by Gasteiger charge is 2.19. The second-order valence-corrected chi connectivity index (χ2v) is 4.47. The quantitative estimate of drug-likeness (QED) is 0.694. The summed E-state index contributed by atoms with van der Waals surface area (Å²) in [5.74, 6) is -5.76. The van der Waals surface area contributed by atoms with Crippen LogP contribution in [-0.2, 0) is 13.6 Å². The van der Waals surface area contributed by atoms with Crippen LogP contribution in [0.1, 0.15) is 17.0 Å². The van der Waals surface area contributed by atoms with Gasteiger partial charge in [0.15, 0.2) is 23.3 Å². The third kappa shape index (κ3) is 2.35. The van der Waals surface area contributed by atoms with Crippen LogP contribution in [0.4, 0.5) is 23.2 Å². The molecule has 20 heavy (non-hydrogen) atoms. The molecule has 1 aromatic heterocycles. The van der Waals surface area contributed by atoms with Gasteiger partial charge in [-0.2, -0.15) is 5.10 Å². The standard InChI is InChI=1S/C13H13F4N3/c1-6-8(7(2)20(3)19-6)5-18-13-11(16)9(14)4-10(15)12(13)17/h4,18H,5H2,1-3H3. The van der Waals surface area contributed by atoms with Crippen molar-refractivity contribution in [2.75, 3.05) is 5.32 Å². The molecule has 1 aromatic carbocycles. The molecule has 2 aromatic rings. The molecule has 0 saturated carbocycles. The molecule has 0 amide bonds. The van der Waals surface area contributed by atoms with Crippen molar-refractivity contribution >= 4 is 5.69 Å². The number of benzene rings is 1. The highest BCUT2D eigenvalue weighted by molar-refractivity contribution is 5.48. The lowest BCUT2D eigenvalue weighted by Crippen LogP contribution is -2.08. The molecule has 108 valence electrons. The molecule has 0 bridgehead atoms. The molecular weight excluding hydrogens is 274 g/mol. The third-order valence-electron chi connectivity index (χ3n) is 3.21. The Labute approximate surface area is 113 Å². The van der Waals surface area contributed by atoms with Crippen LogP contribution in [0.25, 0.3) is 0 Å². The first-order valence-electron chi connectivity index (χ1n) is 5.88. The summed E-state index contributed by atoms with van der Waals surface area (Å²) >= 11 is 0. The van der Waals surface area contributed by atoms with Gasteiger partial charge < -0.3 is 5.32 Å². The van der Waals surface area contributed by atoms with Crippen LogP contribution >= 0.6 is 0 Å². The van der Waals surface area contributed by atoms with Gasteiger partial charge in [-0.15, -0.1) is 0 Å². The smallest absolute Gasteiger partial charge is 0.185 e. The first-order chi connectivity index (χ1) is 9.32. The number of hydrogen-bond acceptors (Lipinski definition) is 2. The minimum atomic E-state index is -1.44. The zero-order chi connectivity index (χ0) is 15.0. The number of nitrogens with zero attached hydrogens (tertiary/aromatic N) is 2. The Morgan fingerprint density at radius 3 is 2.10 bits per heavy atom. The van der Waals surface area contributed by atoms with Gasteiger partial charge in [0.05, 0.1) is 5.69 Å². The number of anilines is 1. The van der Waals surface area contributed by atoms with Crippen molar-refractivity contribution in [2.24, 2.45) is 7.05 Å². The van der Waals surface area contributed by atoms with Gasteiger partial charge in [0.2, 0.25) is 0 Å². The number of rotatable bonds is 3. The van der Waals surface area contributed by atoms with E-state index in [1.165, 1.54) is 0 Å². The lowest BCUT2D eigenvalue weighted by Gasteiger charge is -2.10. The molecule has 0 fully saturated rings. The molecule has 0 saturated heterocycles.